The van der Waals surface area contributed by atoms with Crippen LogP contribution in [0, 0.1) is 5.92 Å². The van der Waals surface area contributed by atoms with Crippen molar-refractivity contribution >= 4 is 20.0 Å². The maximum Gasteiger partial charge on any atom is 0.509 e. The molecule has 0 aliphatic carbocycles. The van der Waals surface area contributed by atoms with Crippen LogP contribution in [0.4, 0.5) is 0 Å². The molecule has 0 radical (unpaired) electrons. The highest BCUT2D eigenvalue weighted by Gasteiger charge is 2.42. The standard InChI is InChI=1S/C14H17O7P/c1-21-10-4-2-9(3-5-10)8-12(22(19)20)11(14(17)18)6-7-13(15)16/h2-5,11-12H,6-8H2,1H3,(H2-,15,16,17,18,19,20)/p+1. The number of methoxy groups -OCH3 is 1. The maximum absolute atomic E-state index is 11.5. The minimum Gasteiger partial charge on any atom is -0.497 e. The maximum atomic E-state index is 11.5. The number of carboxylic acid groups (broad SMARTS) is 2. The summed E-state index contributed by atoms with van der Waals surface area (Å²) >= 11 is 0. The number of hydrogen-bond donors (Lipinski definition) is 3. The monoisotopic (exact) mass is 329 g/mol. The van der Waals surface area contributed by atoms with Crippen LogP contribution in [-0.2, 0) is 20.6 Å². The third kappa shape index (κ3) is 5.42. The first-order valence-electron chi connectivity index (χ1n) is 6.58. The van der Waals surface area contributed by atoms with Crippen molar-refractivity contribution in [3.8, 4) is 5.75 Å². The van der Waals surface area contributed by atoms with Crippen molar-refractivity contribution in [1.82, 2.24) is 0 Å². The van der Waals surface area contributed by atoms with Gasteiger partial charge in [-0.05, 0) is 28.7 Å². The van der Waals surface area contributed by atoms with Gasteiger partial charge < -0.3 is 14.9 Å². The second-order valence-electron chi connectivity index (χ2n) is 4.80. The van der Waals surface area contributed by atoms with E-state index in [4.69, 9.17) is 9.84 Å². The Hall–Kier alpha value is -1.98. The van der Waals surface area contributed by atoms with Gasteiger partial charge in [-0.3, -0.25) is 9.59 Å². The van der Waals surface area contributed by atoms with E-state index in [1.807, 2.05) is 0 Å². The summed E-state index contributed by atoms with van der Waals surface area (Å²) in [5.74, 6) is -2.97. The highest BCUT2D eigenvalue weighted by atomic mass is 31.1. The fourth-order valence-electron chi connectivity index (χ4n) is 2.14. The van der Waals surface area contributed by atoms with Gasteiger partial charge in [0.25, 0.3) is 0 Å². The van der Waals surface area contributed by atoms with Gasteiger partial charge in [-0.15, -0.1) is 0 Å². The molecule has 3 N–H and O–H groups in total. The fraction of sp³-hybridized carbons (Fsp3) is 0.429. The van der Waals surface area contributed by atoms with E-state index in [2.05, 4.69) is 0 Å². The first-order chi connectivity index (χ1) is 10.3. The Labute approximate surface area is 128 Å². The fourth-order valence-corrected chi connectivity index (χ4v) is 3.09. The predicted molar refractivity (Wildman–Crippen MR) is 78.3 cm³/mol. The molecule has 0 fully saturated rings. The number of carbonyl (C=O) groups is 2. The highest BCUT2D eigenvalue weighted by molar-refractivity contribution is 7.39. The molecule has 7 nitrogen and oxygen atoms in total. The smallest absolute Gasteiger partial charge is 0.497 e. The molecule has 0 aliphatic heterocycles. The molecule has 1 rings (SSSR count). The van der Waals surface area contributed by atoms with Gasteiger partial charge in [0.2, 0.25) is 5.66 Å². The number of aliphatic carboxylic acids is 2. The van der Waals surface area contributed by atoms with E-state index < -0.39 is 31.5 Å². The summed E-state index contributed by atoms with van der Waals surface area (Å²) in [6, 6.07) is 6.70. The quantitative estimate of drug-likeness (QED) is 0.592. The third-order valence-electron chi connectivity index (χ3n) is 3.34. The molecular formula is C14H18O7P+. The van der Waals surface area contributed by atoms with Gasteiger partial charge in [-0.1, -0.05) is 12.1 Å². The Morgan fingerprint density at radius 1 is 1.23 bits per heavy atom. The minimum absolute atomic E-state index is 0.0757. The van der Waals surface area contributed by atoms with Crippen molar-refractivity contribution < 1.29 is 34.0 Å². The Kier molecular flexibility index (Phi) is 6.95. The third-order valence-corrected chi connectivity index (χ3v) is 4.45. The van der Waals surface area contributed by atoms with Crippen molar-refractivity contribution in [3.05, 3.63) is 29.8 Å². The molecule has 0 amide bonds. The number of ether oxygens (including phenoxy) is 1. The van der Waals surface area contributed by atoms with Gasteiger partial charge in [-0.2, -0.15) is 4.89 Å². The van der Waals surface area contributed by atoms with Gasteiger partial charge in [-0.25, -0.2) is 0 Å². The molecule has 0 aliphatic rings. The molecule has 0 spiro atoms. The van der Waals surface area contributed by atoms with Gasteiger partial charge in [0, 0.05) is 12.8 Å². The summed E-state index contributed by atoms with van der Waals surface area (Å²) in [6.07, 6.45) is -0.474. The summed E-state index contributed by atoms with van der Waals surface area (Å²) < 4.78 is 16.5. The summed E-state index contributed by atoms with van der Waals surface area (Å²) in [6.45, 7) is 0. The van der Waals surface area contributed by atoms with Gasteiger partial charge >= 0.3 is 20.0 Å². The lowest BCUT2D eigenvalue weighted by atomic mass is 9.94. The molecule has 3 atom stereocenters. The van der Waals surface area contributed by atoms with Gasteiger partial charge in [0.05, 0.1) is 7.11 Å². The molecule has 120 valence electrons. The van der Waals surface area contributed by atoms with Crippen LogP contribution in [0.25, 0.3) is 0 Å². The van der Waals surface area contributed by atoms with Gasteiger partial charge in [0.15, 0.2) is 0 Å². The van der Waals surface area contributed by atoms with E-state index in [1.54, 1.807) is 24.3 Å². The van der Waals surface area contributed by atoms with E-state index in [0.29, 0.717) is 11.3 Å². The molecular weight excluding hydrogens is 311 g/mol. The molecule has 0 saturated carbocycles. The van der Waals surface area contributed by atoms with Crippen LogP contribution in [0.15, 0.2) is 24.3 Å². The topological polar surface area (TPSA) is 121 Å². The average Bonchev–Trinajstić information content (AvgIpc) is 2.46. The lowest BCUT2D eigenvalue weighted by Crippen LogP contribution is -2.28. The van der Waals surface area contributed by atoms with Crippen LogP contribution in [0.2, 0.25) is 0 Å². The summed E-state index contributed by atoms with van der Waals surface area (Å²) in [4.78, 5) is 31.3. The Morgan fingerprint density at radius 2 is 1.82 bits per heavy atom. The molecule has 22 heavy (non-hydrogen) atoms. The largest absolute Gasteiger partial charge is 0.509 e. The average molecular weight is 329 g/mol. The predicted octanol–water partition coefficient (Wildman–Crippen LogP) is 1.91. The molecule has 1 aromatic rings. The zero-order chi connectivity index (χ0) is 16.7. The Bertz CT molecular complexity index is 541. The molecule has 1 aromatic carbocycles. The SMILES string of the molecule is COc1ccc(CC(C(CCC(=O)O)C(=O)O)[P+](=O)O)cc1. The normalized spacial score (nSPS) is 14.0. The zero-order valence-corrected chi connectivity index (χ0v) is 12.9. The zero-order valence-electron chi connectivity index (χ0n) is 12.0. The van der Waals surface area contributed by atoms with E-state index >= 15 is 0 Å². The van der Waals surface area contributed by atoms with Crippen LogP contribution in [0.5, 0.6) is 5.75 Å². The van der Waals surface area contributed by atoms with Crippen LogP contribution >= 0.6 is 8.03 Å². The lowest BCUT2D eigenvalue weighted by Gasteiger charge is -2.14. The highest BCUT2D eigenvalue weighted by Crippen LogP contribution is 2.35. The number of benzene rings is 1. The second kappa shape index (κ2) is 8.46. The van der Waals surface area contributed by atoms with Crippen molar-refractivity contribution in [2.75, 3.05) is 7.11 Å². The first kappa shape index (κ1) is 18.1. The van der Waals surface area contributed by atoms with Crippen molar-refractivity contribution in [1.29, 1.82) is 0 Å². The van der Waals surface area contributed by atoms with E-state index in [-0.39, 0.29) is 19.3 Å². The van der Waals surface area contributed by atoms with Crippen LogP contribution in [0.1, 0.15) is 18.4 Å². The number of carboxylic acids is 2. The molecule has 0 saturated heterocycles. The number of rotatable bonds is 9. The van der Waals surface area contributed by atoms with E-state index in [9.17, 15) is 24.2 Å². The van der Waals surface area contributed by atoms with Crippen molar-refractivity contribution in [2.45, 2.75) is 24.9 Å². The molecule has 0 aromatic heterocycles. The minimum atomic E-state index is -2.76. The lowest BCUT2D eigenvalue weighted by molar-refractivity contribution is -0.143. The Balaban J connectivity index is 2.90. The molecule has 3 unspecified atom stereocenters. The molecule has 8 heteroatoms. The van der Waals surface area contributed by atoms with Crippen molar-refractivity contribution in [3.63, 3.8) is 0 Å². The van der Waals surface area contributed by atoms with Crippen LogP contribution in [-0.4, -0.2) is 39.8 Å². The van der Waals surface area contributed by atoms with Crippen LogP contribution < -0.4 is 4.74 Å². The summed E-state index contributed by atoms with van der Waals surface area (Å²) in [5.41, 5.74) is -0.356. The first-order valence-corrected chi connectivity index (χ1v) is 7.86. The van der Waals surface area contributed by atoms with Crippen LogP contribution in [0.3, 0.4) is 0 Å². The van der Waals surface area contributed by atoms with Gasteiger partial charge in [0.1, 0.15) is 11.7 Å². The summed E-state index contributed by atoms with van der Waals surface area (Å²) in [7, 11) is -1.25. The van der Waals surface area contributed by atoms with E-state index in [0.717, 1.165) is 0 Å². The number of hydrogen-bond acceptors (Lipinski definition) is 4. The molecule has 0 bridgehead atoms. The van der Waals surface area contributed by atoms with E-state index in [1.165, 1.54) is 7.11 Å². The van der Waals surface area contributed by atoms with Crippen molar-refractivity contribution in [2.24, 2.45) is 5.92 Å². The second-order valence-corrected chi connectivity index (χ2v) is 6.07. The molecule has 0 heterocycles. The summed E-state index contributed by atoms with van der Waals surface area (Å²) in [5, 5.41) is 17.9. The Morgan fingerprint density at radius 3 is 2.23 bits per heavy atom.